The lowest BCUT2D eigenvalue weighted by molar-refractivity contribution is -0.130. The zero-order valence-corrected chi connectivity index (χ0v) is 15.9. The van der Waals surface area contributed by atoms with E-state index < -0.39 is 5.97 Å². The first-order chi connectivity index (χ1) is 13.6. The maximum Gasteiger partial charge on any atom is 0.338 e. The summed E-state index contributed by atoms with van der Waals surface area (Å²) >= 11 is 0. The molecule has 4 aromatic rings. The highest BCUT2D eigenvalue weighted by Crippen LogP contribution is 2.45. The number of hydrogen-bond donors (Lipinski definition) is 0. The van der Waals surface area contributed by atoms with Crippen LogP contribution >= 0.6 is 0 Å². The van der Waals surface area contributed by atoms with Gasteiger partial charge in [0.25, 0.3) is 0 Å². The lowest BCUT2D eigenvalue weighted by atomic mass is 9.92. The predicted octanol–water partition coefficient (Wildman–Crippen LogP) is 6.15. The quantitative estimate of drug-likeness (QED) is 0.246. The Morgan fingerprint density at radius 3 is 1.79 bits per heavy atom. The van der Waals surface area contributed by atoms with Crippen molar-refractivity contribution in [2.45, 2.75) is 6.92 Å². The third kappa shape index (κ3) is 3.01. The Bertz CT molecular complexity index is 1220. The molecule has 0 aliphatic heterocycles. The second kappa shape index (κ2) is 7.20. The lowest BCUT2D eigenvalue weighted by Gasteiger charge is -2.18. The van der Waals surface area contributed by atoms with Crippen molar-refractivity contribution in [1.29, 1.82) is 0 Å². The zero-order chi connectivity index (χ0) is 19.7. The molecular formula is C25H20O3. The second-order valence-electron chi connectivity index (χ2n) is 6.69. The van der Waals surface area contributed by atoms with Gasteiger partial charge in [0, 0.05) is 16.7 Å². The van der Waals surface area contributed by atoms with Crippen LogP contribution in [0, 0.1) is 0 Å². The molecule has 0 radical (unpaired) electrons. The molecule has 0 N–H and O–H groups in total. The van der Waals surface area contributed by atoms with Gasteiger partial charge in [0.2, 0.25) is 0 Å². The van der Waals surface area contributed by atoms with Crippen LogP contribution in [0.5, 0.6) is 11.5 Å². The smallest absolute Gasteiger partial charge is 0.338 e. The van der Waals surface area contributed by atoms with E-state index in [1.807, 2.05) is 60.7 Å². The van der Waals surface area contributed by atoms with Gasteiger partial charge in [-0.3, -0.25) is 0 Å². The minimum atomic E-state index is -0.448. The topological polar surface area (TPSA) is 35.5 Å². The summed E-state index contributed by atoms with van der Waals surface area (Å²) in [6.45, 7) is 5.34. The van der Waals surface area contributed by atoms with Crippen LogP contribution in [0.3, 0.4) is 0 Å². The van der Waals surface area contributed by atoms with Gasteiger partial charge < -0.3 is 9.47 Å². The van der Waals surface area contributed by atoms with Crippen molar-refractivity contribution in [3.8, 4) is 22.6 Å². The molecular weight excluding hydrogens is 348 g/mol. The van der Waals surface area contributed by atoms with Gasteiger partial charge in [-0.2, -0.15) is 0 Å². The third-order valence-corrected chi connectivity index (χ3v) is 4.80. The number of carbonyl (C=O) groups is 1. The van der Waals surface area contributed by atoms with E-state index in [9.17, 15) is 4.79 Å². The molecule has 138 valence electrons. The van der Waals surface area contributed by atoms with Crippen LogP contribution in [0.4, 0.5) is 0 Å². The number of hydrogen-bond acceptors (Lipinski definition) is 3. The van der Waals surface area contributed by atoms with Crippen LogP contribution in [0.25, 0.3) is 32.7 Å². The Labute approximate surface area is 163 Å². The van der Waals surface area contributed by atoms with E-state index in [0.29, 0.717) is 11.3 Å². The second-order valence-corrected chi connectivity index (χ2v) is 6.69. The van der Waals surface area contributed by atoms with Crippen LogP contribution < -0.4 is 9.47 Å². The molecule has 0 bridgehead atoms. The van der Waals surface area contributed by atoms with E-state index in [1.54, 1.807) is 14.0 Å². The normalized spacial score (nSPS) is 10.8. The van der Waals surface area contributed by atoms with Crippen LogP contribution in [0.15, 0.2) is 84.9 Å². The molecule has 0 saturated heterocycles. The third-order valence-electron chi connectivity index (χ3n) is 4.80. The van der Waals surface area contributed by atoms with Crippen molar-refractivity contribution in [3.63, 3.8) is 0 Å². The van der Waals surface area contributed by atoms with E-state index in [1.165, 1.54) is 0 Å². The Morgan fingerprint density at radius 2 is 1.25 bits per heavy atom. The molecule has 3 nitrogen and oxygen atoms in total. The summed E-state index contributed by atoms with van der Waals surface area (Å²) in [5, 5.41) is 4.17. The van der Waals surface area contributed by atoms with Gasteiger partial charge in [-0.15, -0.1) is 0 Å². The zero-order valence-electron chi connectivity index (χ0n) is 15.9. The fraction of sp³-hybridized carbons (Fsp3) is 0.0800. The molecule has 3 heteroatoms. The van der Waals surface area contributed by atoms with Gasteiger partial charge in [-0.05, 0) is 40.6 Å². The molecule has 0 heterocycles. The van der Waals surface area contributed by atoms with E-state index in [-0.39, 0.29) is 0 Å². The highest BCUT2D eigenvalue weighted by Gasteiger charge is 2.20. The number of rotatable bonds is 4. The SMILES string of the molecule is C=C(C)C(=O)Oc1ccc2ccccc2c1-c1c(OC)ccc2ccccc12. The largest absolute Gasteiger partial charge is 0.496 e. The minimum Gasteiger partial charge on any atom is -0.496 e. The fourth-order valence-corrected chi connectivity index (χ4v) is 3.46. The summed E-state index contributed by atoms with van der Waals surface area (Å²) in [5.74, 6) is 0.764. The lowest BCUT2D eigenvalue weighted by Crippen LogP contribution is -2.09. The molecule has 0 aliphatic rings. The first kappa shape index (κ1) is 17.8. The monoisotopic (exact) mass is 368 g/mol. The molecule has 0 unspecified atom stereocenters. The number of esters is 1. The predicted molar refractivity (Wildman–Crippen MR) is 114 cm³/mol. The van der Waals surface area contributed by atoms with Crippen molar-refractivity contribution in [2.24, 2.45) is 0 Å². The van der Waals surface area contributed by atoms with Gasteiger partial charge in [-0.1, -0.05) is 67.2 Å². The van der Waals surface area contributed by atoms with Gasteiger partial charge in [-0.25, -0.2) is 4.79 Å². The Balaban J connectivity index is 2.12. The molecule has 0 amide bonds. The summed E-state index contributed by atoms with van der Waals surface area (Å²) in [6.07, 6.45) is 0. The van der Waals surface area contributed by atoms with E-state index in [0.717, 1.165) is 38.4 Å². The van der Waals surface area contributed by atoms with Crippen molar-refractivity contribution in [3.05, 3.63) is 84.9 Å². The maximum absolute atomic E-state index is 12.3. The standard InChI is InChI=1S/C25H20O3/c1-16(2)25(26)28-22-15-13-18-9-5-7-11-20(18)24(22)23-19-10-6-4-8-17(19)12-14-21(23)27-3/h4-15H,1H2,2-3H3. The van der Waals surface area contributed by atoms with Crippen LogP contribution in [0.2, 0.25) is 0 Å². The molecule has 0 fully saturated rings. The van der Waals surface area contributed by atoms with E-state index in [2.05, 4.69) is 18.7 Å². The summed E-state index contributed by atoms with van der Waals surface area (Å²) in [7, 11) is 1.65. The summed E-state index contributed by atoms with van der Waals surface area (Å²) < 4.78 is 11.4. The molecule has 0 spiro atoms. The van der Waals surface area contributed by atoms with Crippen molar-refractivity contribution in [2.75, 3.05) is 7.11 Å². The van der Waals surface area contributed by atoms with Gasteiger partial charge in [0.1, 0.15) is 11.5 Å². The Hall–Kier alpha value is -3.59. The maximum atomic E-state index is 12.3. The average Bonchev–Trinajstić information content (AvgIpc) is 2.73. The molecule has 0 atom stereocenters. The highest BCUT2D eigenvalue weighted by molar-refractivity contribution is 6.10. The average molecular weight is 368 g/mol. The summed E-state index contributed by atoms with van der Waals surface area (Å²) in [5.41, 5.74) is 2.09. The summed E-state index contributed by atoms with van der Waals surface area (Å²) in [6, 6.07) is 23.9. The molecule has 4 rings (SSSR count). The molecule has 0 aliphatic carbocycles. The van der Waals surface area contributed by atoms with Crippen LogP contribution in [-0.2, 0) is 4.79 Å². The molecule has 0 saturated carbocycles. The first-order valence-corrected chi connectivity index (χ1v) is 9.05. The summed E-state index contributed by atoms with van der Waals surface area (Å²) in [4.78, 5) is 12.3. The van der Waals surface area contributed by atoms with Crippen LogP contribution in [-0.4, -0.2) is 13.1 Å². The number of carbonyl (C=O) groups excluding carboxylic acids is 1. The number of methoxy groups -OCH3 is 1. The van der Waals surface area contributed by atoms with Crippen LogP contribution in [0.1, 0.15) is 6.92 Å². The van der Waals surface area contributed by atoms with E-state index >= 15 is 0 Å². The Morgan fingerprint density at radius 1 is 0.750 bits per heavy atom. The van der Waals surface area contributed by atoms with Crippen molar-refractivity contribution < 1.29 is 14.3 Å². The molecule has 28 heavy (non-hydrogen) atoms. The number of fused-ring (bicyclic) bond motifs is 2. The van der Waals surface area contributed by atoms with Crippen molar-refractivity contribution in [1.82, 2.24) is 0 Å². The Kier molecular flexibility index (Phi) is 4.58. The van der Waals surface area contributed by atoms with Gasteiger partial charge >= 0.3 is 5.97 Å². The highest BCUT2D eigenvalue weighted by atomic mass is 16.5. The minimum absolute atomic E-state index is 0.351. The molecule has 0 aromatic heterocycles. The van der Waals surface area contributed by atoms with Crippen molar-refractivity contribution >= 4 is 27.5 Å². The number of ether oxygens (including phenoxy) is 2. The molecule has 4 aromatic carbocycles. The number of benzene rings is 4. The fourth-order valence-electron chi connectivity index (χ4n) is 3.46. The van der Waals surface area contributed by atoms with E-state index in [4.69, 9.17) is 9.47 Å². The van der Waals surface area contributed by atoms with Gasteiger partial charge in [0.15, 0.2) is 0 Å². The first-order valence-electron chi connectivity index (χ1n) is 9.05. The van der Waals surface area contributed by atoms with Gasteiger partial charge in [0.05, 0.1) is 7.11 Å².